The lowest BCUT2D eigenvalue weighted by molar-refractivity contribution is -0.129. The zero-order chi connectivity index (χ0) is 18.2. The molecule has 7 heteroatoms. The van der Waals surface area contributed by atoms with Crippen LogP contribution >= 0.6 is 0 Å². The number of H-pyrrole nitrogens is 1. The standard InChI is InChI=1S/C18H19N5O2/c1-4-5-11-6-12-13(10-21-16(12)20-9-11)14(24)7-18(2)8-15(25)23(3)17(19)22-18/h6,9-10H,7-8H2,1-3H3,(H2,19,22)(H,20,21)/t18-/m1/s1. The molecule has 3 N–H and O–H groups in total. The summed E-state index contributed by atoms with van der Waals surface area (Å²) in [5, 5.41) is 11.5. The van der Waals surface area contributed by atoms with Crippen LogP contribution in [0.3, 0.4) is 0 Å². The van der Waals surface area contributed by atoms with E-state index in [-0.39, 0.29) is 30.5 Å². The van der Waals surface area contributed by atoms with Crippen molar-refractivity contribution in [3.8, 4) is 11.8 Å². The largest absolute Gasteiger partial charge is 0.350 e. The first-order valence-corrected chi connectivity index (χ1v) is 7.89. The predicted molar refractivity (Wildman–Crippen MR) is 94.2 cm³/mol. The lowest BCUT2D eigenvalue weighted by Gasteiger charge is -2.38. The first kappa shape index (κ1) is 16.7. The molecule has 1 saturated heterocycles. The molecule has 2 aromatic heterocycles. The molecule has 0 bridgehead atoms. The molecule has 0 saturated carbocycles. The number of Topliss-reactive ketones (excluding diaryl/α,β-unsaturated/α-hetero) is 1. The summed E-state index contributed by atoms with van der Waals surface area (Å²) in [6.07, 6.45) is 3.55. The average molecular weight is 337 g/mol. The van der Waals surface area contributed by atoms with E-state index in [4.69, 9.17) is 5.41 Å². The monoisotopic (exact) mass is 337 g/mol. The van der Waals surface area contributed by atoms with E-state index in [1.54, 1.807) is 33.3 Å². The van der Waals surface area contributed by atoms with E-state index >= 15 is 0 Å². The van der Waals surface area contributed by atoms with E-state index in [9.17, 15) is 9.59 Å². The Morgan fingerprint density at radius 2 is 2.28 bits per heavy atom. The topological polar surface area (TPSA) is 102 Å². The van der Waals surface area contributed by atoms with Gasteiger partial charge in [0.2, 0.25) is 5.91 Å². The molecule has 0 aliphatic carbocycles. The van der Waals surface area contributed by atoms with Gasteiger partial charge in [-0.25, -0.2) is 4.98 Å². The van der Waals surface area contributed by atoms with Crippen LogP contribution in [0.5, 0.6) is 0 Å². The minimum atomic E-state index is -0.782. The fourth-order valence-corrected chi connectivity index (χ4v) is 2.99. The van der Waals surface area contributed by atoms with Crippen LogP contribution in [0.25, 0.3) is 11.0 Å². The smallest absolute Gasteiger partial charge is 0.231 e. The summed E-state index contributed by atoms with van der Waals surface area (Å²) in [5.41, 5.74) is 1.10. The van der Waals surface area contributed by atoms with E-state index < -0.39 is 5.54 Å². The van der Waals surface area contributed by atoms with Crippen LogP contribution in [0.15, 0.2) is 18.5 Å². The molecule has 0 radical (unpaired) electrons. The summed E-state index contributed by atoms with van der Waals surface area (Å²) < 4.78 is 0. The van der Waals surface area contributed by atoms with Gasteiger partial charge in [0, 0.05) is 42.4 Å². The molecule has 0 spiro atoms. The summed E-state index contributed by atoms with van der Waals surface area (Å²) in [4.78, 5) is 33.4. The lowest BCUT2D eigenvalue weighted by Crippen LogP contribution is -2.60. The van der Waals surface area contributed by atoms with Crippen molar-refractivity contribution in [3.63, 3.8) is 0 Å². The summed E-state index contributed by atoms with van der Waals surface area (Å²) in [7, 11) is 1.54. The SMILES string of the molecule is CC#Cc1cnc2[nH]cc(C(=O)C[C@]3(C)CC(=O)N(C)C(=N)N3)c2c1. The Bertz CT molecular complexity index is 929. The molecule has 2 aromatic rings. The number of carbonyl (C=O) groups is 2. The fraction of sp³-hybridized carbons (Fsp3) is 0.333. The van der Waals surface area contributed by atoms with E-state index in [1.807, 2.05) is 6.07 Å². The highest BCUT2D eigenvalue weighted by molar-refractivity contribution is 6.08. The van der Waals surface area contributed by atoms with Gasteiger partial charge in [-0.2, -0.15) is 0 Å². The molecule has 128 valence electrons. The summed E-state index contributed by atoms with van der Waals surface area (Å²) >= 11 is 0. The second-order valence-electron chi connectivity index (χ2n) is 6.46. The second kappa shape index (κ2) is 6.06. The molecule has 0 aromatic carbocycles. The number of ketones is 1. The third kappa shape index (κ3) is 3.11. The maximum absolute atomic E-state index is 12.8. The Morgan fingerprint density at radius 1 is 1.52 bits per heavy atom. The lowest BCUT2D eigenvalue weighted by atomic mass is 9.87. The Morgan fingerprint density at radius 3 is 2.96 bits per heavy atom. The van der Waals surface area contributed by atoms with Crippen LogP contribution in [0, 0.1) is 17.3 Å². The first-order valence-electron chi connectivity index (χ1n) is 7.89. The third-order valence-corrected chi connectivity index (χ3v) is 4.32. The Kier molecular flexibility index (Phi) is 4.05. The van der Waals surface area contributed by atoms with Crippen molar-refractivity contribution in [1.29, 1.82) is 5.41 Å². The Balaban J connectivity index is 1.89. The molecule has 1 aliphatic heterocycles. The molecule has 1 amide bonds. The second-order valence-corrected chi connectivity index (χ2v) is 6.46. The fourth-order valence-electron chi connectivity index (χ4n) is 2.99. The number of fused-ring (bicyclic) bond motifs is 1. The summed E-state index contributed by atoms with van der Waals surface area (Å²) in [6, 6.07) is 1.83. The number of aromatic amines is 1. The molecule has 0 unspecified atom stereocenters. The van der Waals surface area contributed by atoms with Gasteiger partial charge in [0.25, 0.3) is 0 Å². The van der Waals surface area contributed by atoms with Crippen LogP contribution in [0.2, 0.25) is 0 Å². The van der Waals surface area contributed by atoms with E-state index in [2.05, 4.69) is 27.1 Å². The highest BCUT2D eigenvalue weighted by atomic mass is 16.2. The Labute approximate surface area is 145 Å². The Hall–Kier alpha value is -3.14. The normalized spacial score (nSPS) is 20.2. The zero-order valence-electron chi connectivity index (χ0n) is 14.4. The van der Waals surface area contributed by atoms with Gasteiger partial charge in [0.1, 0.15) is 5.65 Å². The van der Waals surface area contributed by atoms with Gasteiger partial charge >= 0.3 is 0 Å². The van der Waals surface area contributed by atoms with Crippen LogP contribution in [-0.4, -0.2) is 45.1 Å². The molecular formula is C18H19N5O2. The minimum Gasteiger partial charge on any atom is -0.350 e. The maximum atomic E-state index is 12.8. The zero-order valence-corrected chi connectivity index (χ0v) is 14.4. The molecular weight excluding hydrogens is 318 g/mol. The van der Waals surface area contributed by atoms with Gasteiger partial charge in [-0.1, -0.05) is 5.92 Å². The molecule has 3 heterocycles. The number of nitrogens with one attached hydrogen (secondary N) is 3. The molecule has 25 heavy (non-hydrogen) atoms. The quantitative estimate of drug-likeness (QED) is 0.585. The maximum Gasteiger partial charge on any atom is 0.231 e. The van der Waals surface area contributed by atoms with E-state index in [0.717, 1.165) is 5.56 Å². The molecule has 1 aliphatic rings. The van der Waals surface area contributed by atoms with Crippen molar-refractivity contribution < 1.29 is 9.59 Å². The van der Waals surface area contributed by atoms with Crippen molar-refractivity contribution in [2.45, 2.75) is 32.2 Å². The van der Waals surface area contributed by atoms with Gasteiger partial charge < -0.3 is 10.3 Å². The number of aromatic nitrogens is 2. The van der Waals surface area contributed by atoms with Gasteiger partial charge in [0.05, 0.1) is 12.0 Å². The number of hydrogen-bond acceptors (Lipinski definition) is 4. The molecule has 3 rings (SSSR count). The number of pyridine rings is 1. The first-order chi connectivity index (χ1) is 11.8. The van der Waals surface area contributed by atoms with Crippen molar-refractivity contribution in [3.05, 3.63) is 29.6 Å². The van der Waals surface area contributed by atoms with Crippen molar-refractivity contribution in [2.75, 3.05) is 7.05 Å². The number of rotatable bonds is 3. The summed E-state index contributed by atoms with van der Waals surface area (Å²) in [5.74, 6) is 5.46. The molecule has 1 atom stereocenters. The highest BCUT2D eigenvalue weighted by Crippen LogP contribution is 2.26. The van der Waals surface area contributed by atoms with Gasteiger partial charge in [-0.05, 0) is 19.9 Å². The predicted octanol–water partition coefficient (Wildman–Crippen LogP) is 1.65. The van der Waals surface area contributed by atoms with E-state index in [1.165, 1.54) is 4.90 Å². The average Bonchev–Trinajstić information content (AvgIpc) is 2.96. The van der Waals surface area contributed by atoms with Crippen LogP contribution in [0.1, 0.15) is 42.6 Å². The number of carbonyl (C=O) groups excluding carboxylic acids is 2. The van der Waals surface area contributed by atoms with Gasteiger partial charge in [-0.15, -0.1) is 5.92 Å². The molecule has 1 fully saturated rings. The molecule has 7 nitrogen and oxygen atoms in total. The third-order valence-electron chi connectivity index (χ3n) is 4.32. The number of amides is 1. The van der Waals surface area contributed by atoms with Gasteiger partial charge in [0.15, 0.2) is 11.7 Å². The summed E-state index contributed by atoms with van der Waals surface area (Å²) in [6.45, 7) is 3.53. The minimum absolute atomic E-state index is 0.00708. The number of guanidine groups is 1. The van der Waals surface area contributed by atoms with Crippen molar-refractivity contribution in [1.82, 2.24) is 20.2 Å². The van der Waals surface area contributed by atoms with E-state index in [0.29, 0.717) is 16.6 Å². The van der Waals surface area contributed by atoms with Crippen LogP contribution in [0.4, 0.5) is 0 Å². The number of nitrogens with zero attached hydrogens (tertiary/aromatic N) is 2. The highest BCUT2D eigenvalue weighted by Gasteiger charge is 2.38. The van der Waals surface area contributed by atoms with Crippen LogP contribution in [-0.2, 0) is 4.79 Å². The van der Waals surface area contributed by atoms with Gasteiger partial charge in [-0.3, -0.25) is 19.9 Å². The van der Waals surface area contributed by atoms with Crippen molar-refractivity contribution in [2.24, 2.45) is 0 Å². The van der Waals surface area contributed by atoms with Crippen LogP contribution < -0.4 is 5.32 Å². The number of hydrogen-bond donors (Lipinski definition) is 3. The van der Waals surface area contributed by atoms with Crippen molar-refractivity contribution >= 4 is 28.7 Å².